The summed E-state index contributed by atoms with van der Waals surface area (Å²) in [6.07, 6.45) is 3.98. The molecule has 7 heteroatoms. The molecule has 1 fully saturated rings. The fourth-order valence-electron chi connectivity index (χ4n) is 4.41. The minimum Gasteiger partial charge on any atom is -0.362 e. The van der Waals surface area contributed by atoms with Crippen LogP contribution in [-0.4, -0.2) is 41.4 Å². The minimum atomic E-state index is -0.289. The normalized spacial score (nSPS) is 16.1. The van der Waals surface area contributed by atoms with Gasteiger partial charge in [0.1, 0.15) is 11.6 Å². The monoisotopic (exact) mass is 447 g/mol. The van der Waals surface area contributed by atoms with Gasteiger partial charge in [0.05, 0.1) is 23.0 Å². The molecule has 172 valence electrons. The molecule has 0 saturated carbocycles. The molecule has 4 rings (SSSR count). The molecule has 3 heterocycles. The molecule has 0 radical (unpaired) electrons. The molecule has 0 bridgehead atoms. The Labute approximate surface area is 194 Å². The van der Waals surface area contributed by atoms with Crippen LogP contribution in [0.25, 0.3) is 0 Å². The van der Waals surface area contributed by atoms with E-state index in [0.29, 0.717) is 17.8 Å². The Bertz CT molecular complexity index is 1120. The maximum absolute atomic E-state index is 13.1. The molecule has 1 aliphatic rings. The number of nitrogens with one attached hydrogen (secondary N) is 1. The third-order valence-corrected chi connectivity index (χ3v) is 6.09. The van der Waals surface area contributed by atoms with Gasteiger partial charge in [-0.15, -0.1) is 0 Å². The lowest BCUT2D eigenvalue weighted by atomic mass is 10.1. The first-order valence-corrected chi connectivity index (χ1v) is 11.3. The lowest BCUT2D eigenvalue weighted by Crippen LogP contribution is -2.26. The lowest BCUT2D eigenvalue weighted by molar-refractivity contribution is 0.0949. The Morgan fingerprint density at radius 2 is 1.97 bits per heavy atom. The highest BCUT2D eigenvalue weighted by atomic mass is 19.1. The summed E-state index contributed by atoms with van der Waals surface area (Å²) in [6.45, 7) is 4.04. The van der Waals surface area contributed by atoms with Gasteiger partial charge in [0.25, 0.3) is 5.91 Å². The van der Waals surface area contributed by atoms with Crippen LogP contribution in [0.4, 0.5) is 10.2 Å². The maximum atomic E-state index is 13.1. The van der Waals surface area contributed by atoms with Gasteiger partial charge in [-0.05, 0) is 62.2 Å². The largest absolute Gasteiger partial charge is 0.362 e. The number of nitrogens with zero attached hydrogens (tertiary/aromatic N) is 4. The molecule has 1 saturated heterocycles. The first kappa shape index (κ1) is 22.9. The first-order valence-electron chi connectivity index (χ1n) is 11.3. The van der Waals surface area contributed by atoms with Gasteiger partial charge in [-0.25, -0.2) is 9.37 Å². The highest BCUT2D eigenvalue weighted by Crippen LogP contribution is 2.33. The zero-order valence-electron chi connectivity index (χ0n) is 19.4. The van der Waals surface area contributed by atoms with Crippen molar-refractivity contribution in [2.24, 2.45) is 0 Å². The van der Waals surface area contributed by atoms with Gasteiger partial charge in [-0.1, -0.05) is 18.2 Å². The summed E-state index contributed by atoms with van der Waals surface area (Å²) in [5, 5.41) is 2.90. The number of rotatable bonds is 7. The standard InChI is InChI=1S/C26H30FN5O/c1-18-22(26(33)29-16-19-8-10-21(27)11-9-19)12-13-23(30-18)24-7-5-15-32(24)17-20-6-4-14-28-25(20)31(2)3/h4,6,8-14,24H,5,7,15-17H2,1-3H3,(H,29,33)/t24-/m0/s1. The van der Waals surface area contributed by atoms with Gasteiger partial charge in [0.15, 0.2) is 0 Å². The van der Waals surface area contributed by atoms with Crippen LogP contribution in [-0.2, 0) is 13.1 Å². The van der Waals surface area contributed by atoms with Gasteiger partial charge >= 0.3 is 0 Å². The topological polar surface area (TPSA) is 61.4 Å². The number of aryl methyl sites for hydroxylation is 1. The number of carbonyl (C=O) groups is 1. The zero-order valence-corrected chi connectivity index (χ0v) is 19.4. The summed E-state index contributed by atoms with van der Waals surface area (Å²) in [4.78, 5) is 26.5. The average molecular weight is 448 g/mol. The second-order valence-corrected chi connectivity index (χ2v) is 8.69. The number of hydrogen-bond acceptors (Lipinski definition) is 5. The SMILES string of the molecule is Cc1nc([C@@H]2CCCN2Cc2cccnc2N(C)C)ccc1C(=O)NCc1ccc(F)cc1. The van der Waals surface area contributed by atoms with Gasteiger partial charge < -0.3 is 10.2 Å². The summed E-state index contributed by atoms with van der Waals surface area (Å²) < 4.78 is 13.1. The molecule has 1 aliphatic heterocycles. The molecule has 1 atom stereocenters. The highest BCUT2D eigenvalue weighted by Gasteiger charge is 2.28. The van der Waals surface area contributed by atoms with Crippen LogP contribution in [0.15, 0.2) is 54.7 Å². The number of amides is 1. The molecule has 0 unspecified atom stereocenters. The van der Waals surface area contributed by atoms with E-state index in [4.69, 9.17) is 4.98 Å². The molecule has 1 amide bonds. The fourth-order valence-corrected chi connectivity index (χ4v) is 4.41. The molecular formula is C26H30FN5O. The predicted molar refractivity (Wildman–Crippen MR) is 127 cm³/mol. The van der Waals surface area contributed by atoms with Crippen molar-refractivity contribution in [3.05, 3.63) is 88.6 Å². The van der Waals surface area contributed by atoms with E-state index in [1.165, 1.54) is 17.7 Å². The molecule has 1 aromatic carbocycles. The molecule has 3 aromatic rings. The number of benzene rings is 1. The van der Waals surface area contributed by atoms with Crippen molar-refractivity contribution < 1.29 is 9.18 Å². The average Bonchev–Trinajstić information content (AvgIpc) is 3.27. The Kier molecular flexibility index (Phi) is 6.99. The van der Waals surface area contributed by atoms with Gasteiger partial charge in [0, 0.05) is 38.9 Å². The van der Waals surface area contributed by atoms with Crippen LogP contribution in [0.3, 0.4) is 0 Å². The predicted octanol–water partition coefficient (Wildman–Crippen LogP) is 4.26. The summed E-state index contributed by atoms with van der Waals surface area (Å²) in [5.41, 5.74) is 4.32. The zero-order chi connectivity index (χ0) is 23.4. The van der Waals surface area contributed by atoms with Crippen LogP contribution >= 0.6 is 0 Å². The van der Waals surface area contributed by atoms with Crippen LogP contribution in [0.1, 0.15) is 51.8 Å². The summed E-state index contributed by atoms with van der Waals surface area (Å²) in [7, 11) is 4.02. The second-order valence-electron chi connectivity index (χ2n) is 8.69. The third-order valence-electron chi connectivity index (χ3n) is 6.09. The smallest absolute Gasteiger partial charge is 0.253 e. The quantitative estimate of drug-likeness (QED) is 0.587. The fraction of sp³-hybridized carbons (Fsp3) is 0.346. The Morgan fingerprint density at radius 1 is 1.18 bits per heavy atom. The van der Waals surface area contributed by atoms with Crippen molar-refractivity contribution in [2.75, 3.05) is 25.5 Å². The summed E-state index contributed by atoms with van der Waals surface area (Å²) in [5.74, 6) is 0.522. The van der Waals surface area contributed by atoms with Gasteiger partial charge in [-0.3, -0.25) is 14.7 Å². The van der Waals surface area contributed by atoms with Crippen molar-refractivity contribution in [1.29, 1.82) is 0 Å². The van der Waals surface area contributed by atoms with E-state index in [9.17, 15) is 9.18 Å². The number of likely N-dealkylation sites (tertiary alicyclic amines) is 1. The van der Waals surface area contributed by atoms with E-state index in [2.05, 4.69) is 21.3 Å². The Hall–Kier alpha value is -3.32. The highest BCUT2D eigenvalue weighted by molar-refractivity contribution is 5.95. The van der Waals surface area contributed by atoms with E-state index >= 15 is 0 Å². The van der Waals surface area contributed by atoms with Crippen LogP contribution in [0.2, 0.25) is 0 Å². The number of aromatic nitrogens is 2. The molecule has 2 aromatic heterocycles. The Morgan fingerprint density at radius 3 is 2.70 bits per heavy atom. The van der Waals surface area contributed by atoms with Crippen molar-refractivity contribution in [3.8, 4) is 0 Å². The minimum absolute atomic E-state index is 0.176. The van der Waals surface area contributed by atoms with Crippen LogP contribution in [0, 0.1) is 12.7 Å². The lowest BCUT2D eigenvalue weighted by Gasteiger charge is -2.26. The molecular weight excluding hydrogens is 417 g/mol. The number of hydrogen-bond donors (Lipinski definition) is 1. The van der Waals surface area contributed by atoms with E-state index in [0.717, 1.165) is 43.0 Å². The molecule has 0 spiro atoms. The van der Waals surface area contributed by atoms with Crippen LogP contribution in [0.5, 0.6) is 0 Å². The third kappa shape index (κ3) is 5.37. The molecule has 6 nitrogen and oxygen atoms in total. The van der Waals surface area contributed by atoms with Crippen molar-refractivity contribution in [1.82, 2.24) is 20.2 Å². The number of carbonyl (C=O) groups excluding carboxylic acids is 1. The first-order chi connectivity index (χ1) is 15.9. The Balaban J connectivity index is 1.45. The van der Waals surface area contributed by atoms with Gasteiger partial charge in [-0.2, -0.15) is 0 Å². The number of halogens is 1. The van der Waals surface area contributed by atoms with Gasteiger partial charge in [0.2, 0.25) is 0 Å². The van der Waals surface area contributed by atoms with Crippen molar-refractivity contribution in [2.45, 2.75) is 38.9 Å². The van der Waals surface area contributed by atoms with Crippen molar-refractivity contribution >= 4 is 11.7 Å². The second kappa shape index (κ2) is 10.1. The summed E-state index contributed by atoms with van der Waals surface area (Å²) >= 11 is 0. The number of anilines is 1. The van der Waals surface area contributed by atoms with E-state index in [1.807, 2.05) is 50.3 Å². The summed E-state index contributed by atoms with van der Waals surface area (Å²) in [6, 6.07) is 14.3. The van der Waals surface area contributed by atoms with Crippen LogP contribution < -0.4 is 10.2 Å². The van der Waals surface area contributed by atoms with E-state index in [1.54, 1.807) is 12.1 Å². The van der Waals surface area contributed by atoms with E-state index < -0.39 is 0 Å². The molecule has 0 aliphatic carbocycles. The number of pyridine rings is 2. The molecule has 33 heavy (non-hydrogen) atoms. The molecule has 1 N–H and O–H groups in total. The maximum Gasteiger partial charge on any atom is 0.253 e. The van der Waals surface area contributed by atoms with E-state index in [-0.39, 0.29) is 17.8 Å². The van der Waals surface area contributed by atoms with Crippen molar-refractivity contribution in [3.63, 3.8) is 0 Å².